The first-order chi connectivity index (χ1) is 13.1. The van der Waals surface area contributed by atoms with E-state index in [9.17, 15) is 10.1 Å². The highest BCUT2D eigenvalue weighted by molar-refractivity contribution is 5.58. The van der Waals surface area contributed by atoms with Gasteiger partial charge in [0.05, 0.1) is 11.5 Å². The fourth-order valence-corrected chi connectivity index (χ4v) is 2.99. The number of benzene rings is 1. The van der Waals surface area contributed by atoms with Crippen LogP contribution in [0.25, 0.3) is 0 Å². The van der Waals surface area contributed by atoms with Crippen LogP contribution in [-0.4, -0.2) is 31.2 Å². The van der Waals surface area contributed by atoms with Crippen LogP contribution in [0.4, 0.5) is 11.5 Å². The number of hydrogen-bond donors (Lipinski definition) is 0. The van der Waals surface area contributed by atoms with Gasteiger partial charge in [-0.05, 0) is 31.0 Å². The van der Waals surface area contributed by atoms with E-state index in [1.165, 1.54) is 6.07 Å². The Morgan fingerprint density at radius 2 is 1.89 bits per heavy atom. The molecule has 3 heterocycles. The summed E-state index contributed by atoms with van der Waals surface area (Å²) < 4.78 is 1.95. The van der Waals surface area contributed by atoms with Crippen LogP contribution in [0.5, 0.6) is 0 Å². The van der Waals surface area contributed by atoms with Crippen molar-refractivity contribution >= 4 is 11.5 Å². The zero-order valence-corrected chi connectivity index (χ0v) is 14.7. The Kier molecular flexibility index (Phi) is 4.26. The molecule has 1 aliphatic heterocycles. The molecule has 1 aliphatic rings. The quantitative estimate of drug-likeness (QED) is 0.396. The number of nitrogens with zero attached hydrogens (tertiary/aromatic N) is 6. The number of anilines is 1. The Bertz CT molecular complexity index is 1060. The Morgan fingerprint density at radius 1 is 1.07 bits per heavy atom. The zero-order valence-electron chi connectivity index (χ0n) is 14.7. The lowest BCUT2D eigenvalue weighted by atomic mass is 10.2. The molecule has 1 aromatic carbocycles. The van der Waals surface area contributed by atoms with E-state index >= 15 is 0 Å². The number of rotatable bonds is 2. The number of aryl methyl sites for hydroxylation is 1. The number of nitro groups is 1. The molecule has 4 rings (SSSR count). The number of hydrogen-bond acceptors (Lipinski definition) is 6. The first-order valence-corrected chi connectivity index (χ1v) is 8.48. The minimum absolute atomic E-state index is 0.00217. The molecule has 0 spiro atoms. The molecule has 0 N–H and O–H groups in total. The lowest BCUT2D eigenvalue weighted by molar-refractivity contribution is -0.384. The normalized spacial score (nSPS) is 12.9. The van der Waals surface area contributed by atoms with Gasteiger partial charge in [0.15, 0.2) is 5.82 Å². The fourth-order valence-electron chi connectivity index (χ4n) is 2.99. The molecule has 0 aliphatic carbocycles. The average molecular weight is 360 g/mol. The predicted molar refractivity (Wildman–Crippen MR) is 99.1 cm³/mol. The number of fused-ring (bicyclic) bond motifs is 1. The van der Waals surface area contributed by atoms with Crippen molar-refractivity contribution < 1.29 is 4.92 Å². The lowest BCUT2D eigenvalue weighted by Crippen LogP contribution is -2.35. The third kappa shape index (κ3) is 3.35. The summed E-state index contributed by atoms with van der Waals surface area (Å²) in [5, 5.41) is 19.7. The van der Waals surface area contributed by atoms with Gasteiger partial charge in [0.2, 0.25) is 11.6 Å². The van der Waals surface area contributed by atoms with Crippen molar-refractivity contribution in [1.82, 2.24) is 19.7 Å². The molecule has 0 fully saturated rings. The molecule has 0 bridgehead atoms. The van der Waals surface area contributed by atoms with Gasteiger partial charge in [0, 0.05) is 30.4 Å². The molecule has 8 nitrogen and oxygen atoms in total. The highest BCUT2D eigenvalue weighted by Gasteiger charge is 2.27. The Balaban J connectivity index is 1.61. The van der Waals surface area contributed by atoms with Gasteiger partial charge >= 0.3 is 5.69 Å². The summed E-state index contributed by atoms with van der Waals surface area (Å²) >= 11 is 0. The maximum absolute atomic E-state index is 11.3. The van der Waals surface area contributed by atoms with Crippen molar-refractivity contribution in [1.29, 1.82) is 0 Å². The molecule has 0 amide bonds. The van der Waals surface area contributed by atoms with E-state index in [4.69, 9.17) is 0 Å². The molecule has 3 aromatic rings. The van der Waals surface area contributed by atoms with Gasteiger partial charge < -0.3 is 9.47 Å². The van der Waals surface area contributed by atoms with Gasteiger partial charge in [-0.3, -0.25) is 10.1 Å². The minimum atomic E-state index is -0.405. The first kappa shape index (κ1) is 16.7. The molecule has 0 atom stereocenters. The molecule has 0 radical (unpaired) electrons. The second-order valence-electron chi connectivity index (χ2n) is 6.18. The second-order valence-corrected chi connectivity index (χ2v) is 6.18. The molecule has 0 saturated carbocycles. The smallest absolute Gasteiger partial charge is 0.311 e. The van der Waals surface area contributed by atoms with Gasteiger partial charge in [-0.25, -0.2) is 4.98 Å². The summed E-state index contributed by atoms with van der Waals surface area (Å²) in [6.07, 6.45) is 0. The molecule has 0 unspecified atom stereocenters. The summed E-state index contributed by atoms with van der Waals surface area (Å²) in [6.45, 7) is 3.38. The van der Waals surface area contributed by atoms with E-state index in [-0.39, 0.29) is 5.69 Å². The minimum Gasteiger partial charge on any atom is -0.342 e. The maximum Gasteiger partial charge on any atom is 0.311 e. The van der Waals surface area contributed by atoms with E-state index in [2.05, 4.69) is 27.0 Å². The predicted octanol–water partition coefficient (Wildman–Crippen LogP) is 2.31. The lowest BCUT2D eigenvalue weighted by Gasteiger charge is -2.28. The van der Waals surface area contributed by atoms with Crippen LogP contribution in [0, 0.1) is 28.9 Å². The van der Waals surface area contributed by atoms with Crippen LogP contribution < -0.4 is 4.90 Å². The fraction of sp³-hybridized carbons (Fsp3) is 0.211. The summed E-state index contributed by atoms with van der Waals surface area (Å²) in [4.78, 5) is 17.2. The third-order valence-corrected chi connectivity index (χ3v) is 4.34. The molecule has 0 saturated heterocycles. The zero-order chi connectivity index (χ0) is 18.8. The van der Waals surface area contributed by atoms with Gasteiger partial charge in [-0.1, -0.05) is 24.1 Å². The van der Waals surface area contributed by atoms with Gasteiger partial charge in [0.1, 0.15) is 0 Å². The molecular weight excluding hydrogens is 344 g/mol. The Morgan fingerprint density at radius 3 is 2.67 bits per heavy atom. The molecule has 2 aromatic heterocycles. The van der Waals surface area contributed by atoms with Crippen LogP contribution in [-0.2, 0) is 13.1 Å². The molecule has 134 valence electrons. The summed E-state index contributed by atoms with van der Waals surface area (Å²) in [5.74, 6) is 7.83. The first-order valence-electron chi connectivity index (χ1n) is 8.48. The summed E-state index contributed by atoms with van der Waals surface area (Å²) in [7, 11) is 0. The van der Waals surface area contributed by atoms with Crippen LogP contribution in [0.2, 0.25) is 0 Å². The topological polar surface area (TPSA) is 90.0 Å². The van der Waals surface area contributed by atoms with Crippen LogP contribution >= 0.6 is 0 Å². The van der Waals surface area contributed by atoms with E-state index in [1.54, 1.807) is 6.07 Å². The van der Waals surface area contributed by atoms with Crippen molar-refractivity contribution in [3.05, 3.63) is 75.5 Å². The SMILES string of the molecule is Cc1ccc([N+](=O)[O-])c(N2CCn3c(C#Cc4ccccc4)nnc3C2)n1. The molecular formula is C19H16N6O2. The molecule has 27 heavy (non-hydrogen) atoms. The Labute approximate surface area is 155 Å². The number of pyridine rings is 1. The van der Waals surface area contributed by atoms with E-state index < -0.39 is 4.92 Å². The van der Waals surface area contributed by atoms with Crippen molar-refractivity contribution in [3.8, 4) is 11.8 Å². The monoisotopic (exact) mass is 360 g/mol. The van der Waals surface area contributed by atoms with E-state index in [1.807, 2.05) is 46.7 Å². The highest BCUT2D eigenvalue weighted by Crippen LogP contribution is 2.28. The van der Waals surface area contributed by atoms with Crippen LogP contribution in [0.1, 0.15) is 22.9 Å². The van der Waals surface area contributed by atoms with E-state index in [0.717, 1.165) is 17.1 Å². The van der Waals surface area contributed by atoms with Gasteiger partial charge in [-0.2, -0.15) is 0 Å². The van der Waals surface area contributed by atoms with Crippen LogP contribution in [0.15, 0.2) is 42.5 Å². The average Bonchev–Trinajstić information content (AvgIpc) is 3.09. The number of aromatic nitrogens is 4. The van der Waals surface area contributed by atoms with Crippen molar-refractivity contribution in [2.24, 2.45) is 0 Å². The standard InChI is InChI=1S/C19H16N6O2/c1-14-7-9-16(25(26)27)19(20-14)23-11-12-24-17(21-22-18(24)13-23)10-8-15-5-3-2-4-6-15/h2-7,9H,11-13H2,1H3. The largest absolute Gasteiger partial charge is 0.342 e. The maximum atomic E-state index is 11.3. The summed E-state index contributed by atoms with van der Waals surface area (Å²) in [5.41, 5.74) is 1.64. The third-order valence-electron chi connectivity index (χ3n) is 4.34. The molecule has 8 heteroatoms. The second kappa shape index (κ2) is 6.88. The van der Waals surface area contributed by atoms with Crippen molar-refractivity contribution in [3.63, 3.8) is 0 Å². The van der Waals surface area contributed by atoms with Gasteiger partial charge in [-0.15, -0.1) is 10.2 Å². The van der Waals surface area contributed by atoms with Crippen molar-refractivity contribution in [2.45, 2.75) is 20.0 Å². The Hall–Kier alpha value is -3.73. The summed E-state index contributed by atoms with van der Waals surface area (Å²) in [6, 6.07) is 12.8. The van der Waals surface area contributed by atoms with Crippen LogP contribution in [0.3, 0.4) is 0 Å². The highest BCUT2D eigenvalue weighted by atomic mass is 16.6. The van der Waals surface area contributed by atoms with Crippen molar-refractivity contribution in [2.75, 3.05) is 11.4 Å². The van der Waals surface area contributed by atoms with E-state index in [0.29, 0.717) is 31.3 Å². The van der Waals surface area contributed by atoms with Gasteiger partial charge in [0.25, 0.3) is 0 Å².